The van der Waals surface area contributed by atoms with E-state index in [-0.39, 0.29) is 30.5 Å². The lowest BCUT2D eigenvalue weighted by Gasteiger charge is -2.20. The number of alkyl halides is 3. The van der Waals surface area contributed by atoms with E-state index in [1.54, 1.807) is 6.07 Å². The summed E-state index contributed by atoms with van der Waals surface area (Å²) in [5, 5.41) is 3.08. The molecule has 0 saturated heterocycles. The van der Waals surface area contributed by atoms with E-state index in [1.165, 1.54) is 6.07 Å². The fraction of sp³-hybridized carbons (Fsp3) is 0.500. The Balaban J connectivity index is 0.00000144. The number of aromatic nitrogens is 1. The van der Waals surface area contributed by atoms with Gasteiger partial charge in [0.05, 0.1) is 17.1 Å². The Bertz CT molecular complexity index is 398. The van der Waals surface area contributed by atoms with Crippen LogP contribution in [0, 0.1) is 0 Å². The van der Waals surface area contributed by atoms with Crippen LogP contribution in [0.25, 0.3) is 0 Å². The summed E-state index contributed by atoms with van der Waals surface area (Å²) in [4.78, 5) is 3.97. The van der Waals surface area contributed by atoms with Crippen molar-refractivity contribution in [2.45, 2.75) is 25.1 Å². The lowest BCUT2D eigenvalue weighted by Crippen LogP contribution is -2.30. The number of hydrogen-bond donors (Lipinski definition) is 2. The van der Waals surface area contributed by atoms with Crippen molar-refractivity contribution in [3.05, 3.63) is 23.5 Å². The van der Waals surface area contributed by atoms with Crippen molar-refractivity contribution in [3.8, 4) is 0 Å². The van der Waals surface area contributed by atoms with Crippen LogP contribution in [0.2, 0.25) is 0 Å². The van der Waals surface area contributed by atoms with Crippen LogP contribution in [0.1, 0.15) is 23.9 Å². The molecule has 0 radical (unpaired) electrons. The van der Waals surface area contributed by atoms with Crippen molar-refractivity contribution in [2.24, 2.45) is 5.73 Å². The minimum Gasteiger partial charge on any atom is -0.384 e. The number of rotatable bonds is 1. The van der Waals surface area contributed by atoms with Crippen LogP contribution in [0.3, 0.4) is 0 Å². The predicted octanol–water partition coefficient (Wildman–Crippen LogP) is 2.85. The van der Waals surface area contributed by atoms with Gasteiger partial charge in [0.1, 0.15) is 6.04 Å². The van der Waals surface area contributed by atoms with E-state index >= 15 is 0 Å². The molecule has 1 aliphatic rings. The molecule has 1 aromatic heterocycles. The second-order valence-electron chi connectivity index (χ2n) is 3.78. The minimum absolute atomic E-state index is 0. The Morgan fingerprint density at radius 2 is 1.94 bits per heavy atom. The van der Waals surface area contributed by atoms with Crippen LogP contribution < -0.4 is 11.1 Å². The molecular weight excluding hydrogens is 290 g/mol. The molecule has 0 unspecified atom stereocenters. The summed E-state index contributed by atoms with van der Waals surface area (Å²) in [7, 11) is 0. The summed E-state index contributed by atoms with van der Waals surface area (Å²) in [5.74, 6) is 0. The van der Waals surface area contributed by atoms with Crippen LogP contribution in [0.4, 0.5) is 18.9 Å². The Morgan fingerprint density at radius 1 is 1.28 bits per heavy atom. The summed E-state index contributed by atoms with van der Waals surface area (Å²) < 4.78 is 37.2. The molecule has 0 bridgehead atoms. The van der Waals surface area contributed by atoms with Crippen molar-refractivity contribution in [1.29, 1.82) is 0 Å². The van der Waals surface area contributed by atoms with Crippen LogP contribution in [-0.2, 0) is 6.42 Å². The Kier molecular flexibility index (Phi) is 6.19. The Morgan fingerprint density at radius 3 is 2.56 bits per heavy atom. The first kappa shape index (κ1) is 17.3. The molecule has 2 rings (SSSR count). The molecule has 0 saturated carbocycles. The fourth-order valence-electron chi connectivity index (χ4n) is 1.69. The molecule has 1 atom stereocenters. The van der Waals surface area contributed by atoms with Crippen molar-refractivity contribution in [3.63, 3.8) is 0 Å². The van der Waals surface area contributed by atoms with Crippen molar-refractivity contribution < 1.29 is 13.2 Å². The lowest BCUT2D eigenvalue weighted by molar-refractivity contribution is -0.150. The zero-order valence-electron chi connectivity index (χ0n) is 9.33. The van der Waals surface area contributed by atoms with Gasteiger partial charge in [-0.25, -0.2) is 0 Å². The number of pyridine rings is 1. The monoisotopic (exact) mass is 303 g/mol. The highest BCUT2D eigenvalue weighted by molar-refractivity contribution is 5.85. The summed E-state index contributed by atoms with van der Waals surface area (Å²) in [6.45, 7) is 0.833. The standard InChI is InChI=1S/C10H12F3N3.2ClH/c11-10(12,13)9(14)8-4-3-6-7(16-8)2-1-5-15-6;;/h3-4,9,15H,1-2,5,14H2;2*1H/t9-;;/m1../s1. The molecule has 0 aromatic carbocycles. The minimum atomic E-state index is -4.44. The lowest BCUT2D eigenvalue weighted by atomic mass is 10.1. The molecule has 2 heterocycles. The number of hydrogen-bond acceptors (Lipinski definition) is 3. The van der Waals surface area contributed by atoms with Gasteiger partial charge in [0.2, 0.25) is 0 Å². The van der Waals surface area contributed by atoms with Gasteiger partial charge in [0, 0.05) is 6.54 Å². The molecule has 1 aliphatic heterocycles. The zero-order chi connectivity index (χ0) is 11.8. The molecule has 1 aromatic rings. The Hall–Kier alpha value is -0.720. The smallest absolute Gasteiger partial charge is 0.384 e. The molecule has 3 N–H and O–H groups in total. The first-order valence-corrected chi connectivity index (χ1v) is 5.04. The SMILES string of the molecule is Cl.Cl.N[C@H](c1ccc2c(n1)CCCN2)C(F)(F)F. The van der Waals surface area contributed by atoms with Gasteiger partial charge in [-0.2, -0.15) is 13.2 Å². The van der Waals surface area contributed by atoms with Crippen molar-refractivity contribution in [2.75, 3.05) is 11.9 Å². The van der Waals surface area contributed by atoms with Crippen LogP contribution in [0.15, 0.2) is 12.1 Å². The first-order valence-electron chi connectivity index (χ1n) is 5.04. The molecule has 8 heteroatoms. The van der Waals surface area contributed by atoms with Crippen LogP contribution in [-0.4, -0.2) is 17.7 Å². The number of halogens is 5. The van der Waals surface area contributed by atoms with Gasteiger partial charge in [-0.3, -0.25) is 4.98 Å². The topological polar surface area (TPSA) is 50.9 Å². The normalized spacial score (nSPS) is 15.6. The molecule has 3 nitrogen and oxygen atoms in total. The second-order valence-corrected chi connectivity index (χ2v) is 3.78. The first-order chi connectivity index (χ1) is 7.48. The summed E-state index contributed by atoms with van der Waals surface area (Å²) in [6, 6.07) is 0.942. The van der Waals surface area contributed by atoms with E-state index in [4.69, 9.17) is 5.73 Å². The molecule has 0 spiro atoms. The van der Waals surface area contributed by atoms with E-state index < -0.39 is 12.2 Å². The summed E-state index contributed by atoms with van der Waals surface area (Å²) in [6.07, 6.45) is -2.87. The number of nitrogens with two attached hydrogens (primary N) is 1. The highest BCUT2D eigenvalue weighted by Crippen LogP contribution is 2.31. The van der Waals surface area contributed by atoms with E-state index in [0.29, 0.717) is 12.1 Å². The van der Waals surface area contributed by atoms with Crippen LogP contribution in [0.5, 0.6) is 0 Å². The van der Waals surface area contributed by atoms with Gasteiger partial charge < -0.3 is 11.1 Å². The van der Waals surface area contributed by atoms with Gasteiger partial charge in [0.25, 0.3) is 0 Å². The maximum atomic E-state index is 12.4. The third kappa shape index (κ3) is 3.63. The predicted molar refractivity (Wildman–Crippen MR) is 68.5 cm³/mol. The van der Waals surface area contributed by atoms with Gasteiger partial charge >= 0.3 is 6.18 Å². The maximum Gasteiger partial charge on any atom is 0.409 e. The van der Waals surface area contributed by atoms with Crippen molar-refractivity contribution >= 4 is 30.5 Å². The van der Waals surface area contributed by atoms with E-state index in [9.17, 15) is 13.2 Å². The molecule has 0 aliphatic carbocycles. The quantitative estimate of drug-likeness (QED) is 0.839. The average molecular weight is 304 g/mol. The fourth-order valence-corrected chi connectivity index (χ4v) is 1.69. The molecule has 18 heavy (non-hydrogen) atoms. The summed E-state index contributed by atoms with van der Waals surface area (Å²) in [5.41, 5.74) is 6.46. The maximum absolute atomic E-state index is 12.4. The number of aryl methyl sites for hydroxylation is 1. The molecule has 0 amide bonds. The van der Waals surface area contributed by atoms with Gasteiger partial charge in [0.15, 0.2) is 0 Å². The molecule has 104 valence electrons. The number of fused-ring (bicyclic) bond motifs is 1. The highest BCUT2D eigenvalue weighted by atomic mass is 35.5. The number of nitrogens with one attached hydrogen (secondary N) is 1. The number of anilines is 1. The van der Waals surface area contributed by atoms with E-state index in [0.717, 1.165) is 18.7 Å². The highest BCUT2D eigenvalue weighted by Gasteiger charge is 2.39. The second kappa shape index (κ2) is 6.45. The zero-order valence-corrected chi connectivity index (χ0v) is 11.0. The van der Waals surface area contributed by atoms with Gasteiger partial charge in [-0.1, -0.05) is 0 Å². The third-order valence-corrected chi connectivity index (χ3v) is 2.57. The van der Waals surface area contributed by atoms with Crippen LogP contribution >= 0.6 is 24.8 Å². The van der Waals surface area contributed by atoms with Gasteiger partial charge in [-0.15, -0.1) is 24.8 Å². The van der Waals surface area contributed by atoms with E-state index in [1.807, 2.05) is 0 Å². The molecule has 0 fully saturated rings. The van der Waals surface area contributed by atoms with Crippen molar-refractivity contribution in [1.82, 2.24) is 4.98 Å². The Labute approximate surface area is 115 Å². The van der Waals surface area contributed by atoms with E-state index in [2.05, 4.69) is 10.3 Å². The third-order valence-electron chi connectivity index (χ3n) is 2.57. The van der Waals surface area contributed by atoms with Gasteiger partial charge in [-0.05, 0) is 25.0 Å². The molecular formula is C10H14Cl2F3N3. The average Bonchev–Trinajstić information content (AvgIpc) is 2.26. The largest absolute Gasteiger partial charge is 0.409 e. The summed E-state index contributed by atoms with van der Waals surface area (Å²) >= 11 is 0. The number of nitrogens with zero attached hydrogens (tertiary/aromatic N) is 1.